The quantitative estimate of drug-likeness (QED) is 0.319. The molecule has 0 N–H and O–H groups in total. The highest BCUT2D eigenvalue weighted by atomic mass is 16.1. The molecule has 0 radical (unpaired) electrons. The first-order valence-electron chi connectivity index (χ1n) is 6.83. The summed E-state index contributed by atoms with van der Waals surface area (Å²) in [5, 5.41) is 0. The van der Waals surface area contributed by atoms with Crippen molar-refractivity contribution in [3.8, 4) is 11.8 Å². The van der Waals surface area contributed by atoms with Crippen molar-refractivity contribution in [3.63, 3.8) is 0 Å². The molecule has 1 heteroatoms. The zero-order chi connectivity index (χ0) is 12.1. The van der Waals surface area contributed by atoms with Crippen LogP contribution in [-0.4, -0.2) is 5.78 Å². The number of ketones is 1. The summed E-state index contributed by atoms with van der Waals surface area (Å²) >= 11 is 0. The molecule has 0 rings (SSSR count). The lowest BCUT2D eigenvalue weighted by atomic mass is 10.1. The Kier molecular flexibility index (Phi) is 11.7. The normalized spacial score (nSPS) is 9.62. The standard InChI is InChI=1S/C15H26O/c1-3-5-7-9-10-12-14-15(16)13-11-8-6-4-2/h3-11,13H2,1-2H3. The molecule has 0 heterocycles. The van der Waals surface area contributed by atoms with Gasteiger partial charge >= 0.3 is 0 Å². The van der Waals surface area contributed by atoms with E-state index in [4.69, 9.17) is 0 Å². The van der Waals surface area contributed by atoms with E-state index in [2.05, 4.69) is 25.7 Å². The molecule has 16 heavy (non-hydrogen) atoms. The van der Waals surface area contributed by atoms with E-state index in [0.717, 1.165) is 19.3 Å². The van der Waals surface area contributed by atoms with Crippen molar-refractivity contribution in [2.24, 2.45) is 0 Å². The van der Waals surface area contributed by atoms with Gasteiger partial charge in [0.1, 0.15) is 0 Å². The van der Waals surface area contributed by atoms with Crippen LogP contribution in [0.15, 0.2) is 0 Å². The second-order valence-electron chi connectivity index (χ2n) is 4.35. The fourth-order valence-corrected chi connectivity index (χ4v) is 1.58. The summed E-state index contributed by atoms with van der Waals surface area (Å²) in [5.41, 5.74) is 0. The summed E-state index contributed by atoms with van der Waals surface area (Å²) in [4.78, 5) is 11.3. The molecule has 0 amide bonds. The van der Waals surface area contributed by atoms with Crippen LogP contribution >= 0.6 is 0 Å². The van der Waals surface area contributed by atoms with Crippen molar-refractivity contribution in [3.05, 3.63) is 0 Å². The molecule has 0 fully saturated rings. The number of hydrogen-bond acceptors (Lipinski definition) is 1. The van der Waals surface area contributed by atoms with Crippen molar-refractivity contribution in [1.82, 2.24) is 0 Å². The Morgan fingerprint density at radius 1 is 0.875 bits per heavy atom. The van der Waals surface area contributed by atoms with E-state index in [1.54, 1.807) is 0 Å². The monoisotopic (exact) mass is 222 g/mol. The molecule has 0 saturated heterocycles. The summed E-state index contributed by atoms with van der Waals surface area (Å²) in [6, 6.07) is 0. The van der Waals surface area contributed by atoms with Gasteiger partial charge in [0.05, 0.1) is 0 Å². The molecule has 0 aromatic rings. The maximum atomic E-state index is 11.3. The number of Topliss-reactive ketones (excluding diaryl/α,β-unsaturated/α-hetero) is 1. The van der Waals surface area contributed by atoms with Gasteiger partial charge < -0.3 is 0 Å². The van der Waals surface area contributed by atoms with Crippen molar-refractivity contribution < 1.29 is 4.79 Å². The molecule has 0 aromatic carbocycles. The minimum Gasteiger partial charge on any atom is -0.285 e. The number of rotatable bonds is 9. The molecule has 0 aliphatic carbocycles. The Hall–Kier alpha value is -0.770. The Morgan fingerprint density at radius 3 is 2.12 bits per heavy atom. The van der Waals surface area contributed by atoms with E-state index >= 15 is 0 Å². The molecule has 0 spiro atoms. The van der Waals surface area contributed by atoms with Gasteiger partial charge in [-0.25, -0.2) is 0 Å². The van der Waals surface area contributed by atoms with Gasteiger partial charge in [-0.15, -0.1) is 0 Å². The van der Waals surface area contributed by atoms with Crippen LogP contribution in [0.2, 0.25) is 0 Å². The van der Waals surface area contributed by atoms with E-state index in [-0.39, 0.29) is 5.78 Å². The van der Waals surface area contributed by atoms with Crippen LogP contribution in [0, 0.1) is 11.8 Å². The molecular formula is C15H26O. The third-order valence-corrected chi connectivity index (χ3v) is 2.64. The molecule has 92 valence electrons. The van der Waals surface area contributed by atoms with Gasteiger partial charge in [-0.1, -0.05) is 58.3 Å². The average molecular weight is 222 g/mol. The summed E-state index contributed by atoms with van der Waals surface area (Å²) in [7, 11) is 0. The summed E-state index contributed by atoms with van der Waals surface area (Å²) < 4.78 is 0. The highest BCUT2D eigenvalue weighted by Gasteiger charge is 1.95. The van der Waals surface area contributed by atoms with Gasteiger partial charge in [0.15, 0.2) is 0 Å². The predicted octanol–water partition coefficient (Wildman–Crippen LogP) is 4.50. The van der Waals surface area contributed by atoms with Crippen molar-refractivity contribution >= 4 is 5.78 Å². The van der Waals surface area contributed by atoms with Crippen molar-refractivity contribution in [1.29, 1.82) is 0 Å². The smallest absolute Gasteiger partial charge is 0.205 e. The molecule has 0 atom stereocenters. The van der Waals surface area contributed by atoms with Crippen LogP contribution < -0.4 is 0 Å². The Labute approximate surface area is 101 Å². The molecular weight excluding hydrogens is 196 g/mol. The zero-order valence-corrected chi connectivity index (χ0v) is 11.0. The van der Waals surface area contributed by atoms with Crippen LogP contribution in [0.4, 0.5) is 0 Å². The van der Waals surface area contributed by atoms with Crippen LogP contribution in [0.5, 0.6) is 0 Å². The number of unbranched alkanes of at least 4 members (excludes halogenated alkanes) is 7. The van der Waals surface area contributed by atoms with Gasteiger partial charge in [0.2, 0.25) is 5.78 Å². The predicted molar refractivity (Wildman–Crippen MR) is 70.3 cm³/mol. The molecule has 0 bridgehead atoms. The maximum Gasteiger partial charge on any atom is 0.205 e. The van der Waals surface area contributed by atoms with E-state index in [1.807, 2.05) is 0 Å². The Morgan fingerprint density at radius 2 is 1.50 bits per heavy atom. The van der Waals surface area contributed by atoms with Gasteiger partial charge in [-0.3, -0.25) is 4.79 Å². The fraction of sp³-hybridized carbons (Fsp3) is 0.800. The average Bonchev–Trinajstić information content (AvgIpc) is 2.29. The first kappa shape index (κ1) is 15.2. The van der Waals surface area contributed by atoms with E-state index in [1.165, 1.54) is 38.5 Å². The third kappa shape index (κ3) is 11.3. The van der Waals surface area contributed by atoms with E-state index in [9.17, 15) is 4.79 Å². The third-order valence-electron chi connectivity index (χ3n) is 2.64. The van der Waals surface area contributed by atoms with Gasteiger partial charge in [0.25, 0.3) is 0 Å². The second-order valence-corrected chi connectivity index (χ2v) is 4.35. The minimum atomic E-state index is 0.131. The lowest BCUT2D eigenvalue weighted by molar-refractivity contribution is -0.113. The highest BCUT2D eigenvalue weighted by molar-refractivity contribution is 5.95. The van der Waals surface area contributed by atoms with Gasteiger partial charge in [0, 0.05) is 12.8 Å². The van der Waals surface area contributed by atoms with Gasteiger partial charge in [-0.2, -0.15) is 0 Å². The summed E-state index contributed by atoms with van der Waals surface area (Å²) in [5.74, 6) is 5.86. The maximum absolute atomic E-state index is 11.3. The lowest BCUT2D eigenvalue weighted by Gasteiger charge is -1.94. The van der Waals surface area contributed by atoms with E-state index in [0.29, 0.717) is 6.42 Å². The molecule has 0 unspecified atom stereocenters. The Balaban J connectivity index is 3.36. The lowest BCUT2D eigenvalue weighted by Crippen LogP contribution is -1.92. The van der Waals surface area contributed by atoms with Crippen molar-refractivity contribution in [2.45, 2.75) is 78.1 Å². The zero-order valence-electron chi connectivity index (χ0n) is 11.0. The van der Waals surface area contributed by atoms with E-state index < -0.39 is 0 Å². The number of hydrogen-bond donors (Lipinski definition) is 0. The molecule has 0 aromatic heterocycles. The first-order chi connectivity index (χ1) is 7.81. The molecule has 0 aliphatic heterocycles. The topological polar surface area (TPSA) is 17.1 Å². The second kappa shape index (κ2) is 12.3. The molecule has 0 saturated carbocycles. The van der Waals surface area contributed by atoms with Gasteiger partial charge in [-0.05, 0) is 18.8 Å². The summed E-state index contributed by atoms with van der Waals surface area (Å²) in [6.07, 6.45) is 11.1. The number of carbonyl (C=O) groups is 1. The first-order valence-corrected chi connectivity index (χ1v) is 6.83. The summed E-state index contributed by atoms with van der Waals surface area (Å²) in [6.45, 7) is 4.38. The Bertz CT molecular complexity index is 219. The SMILES string of the molecule is CCCCCCC#CC(=O)CCCCCC. The largest absolute Gasteiger partial charge is 0.285 e. The molecule has 1 nitrogen and oxygen atoms in total. The van der Waals surface area contributed by atoms with Crippen LogP contribution in [0.3, 0.4) is 0 Å². The molecule has 0 aliphatic rings. The fourth-order valence-electron chi connectivity index (χ4n) is 1.58. The highest BCUT2D eigenvalue weighted by Crippen LogP contribution is 2.03. The van der Waals surface area contributed by atoms with Crippen LogP contribution in [0.1, 0.15) is 78.1 Å². The number of carbonyl (C=O) groups excluding carboxylic acids is 1. The van der Waals surface area contributed by atoms with Crippen LogP contribution in [0.25, 0.3) is 0 Å². The van der Waals surface area contributed by atoms with Crippen molar-refractivity contribution in [2.75, 3.05) is 0 Å². The van der Waals surface area contributed by atoms with Crippen LogP contribution in [-0.2, 0) is 4.79 Å². The minimum absolute atomic E-state index is 0.131.